The van der Waals surface area contributed by atoms with E-state index in [1.165, 1.54) is 25.1 Å². The van der Waals surface area contributed by atoms with Crippen molar-refractivity contribution in [2.45, 2.75) is 6.92 Å². The van der Waals surface area contributed by atoms with Gasteiger partial charge in [0.2, 0.25) is 5.91 Å². The maximum Gasteiger partial charge on any atom is 0.270 e. The number of rotatable bonds is 3. The van der Waals surface area contributed by atoms with Gasteiger partial charge < -0.3 is 9.80 Å². The number of allylic oxidation sites excluding steroid dienone is 1. The van der Waals surface area contributed by atoms with Gasteiger partial charge in [-0.15, -0.1) is 0 Å². The summed E-state index contributed by atoms with van der Waals surface area (Å²) in [4.78, 5) is 25.5. The Morgan fingerprint density at radius 3 is 2.50 bits per heavy atom. The molecule has 0 aromatic heterocycles. The van der Waals surface area contributed by atoms with Crippen molar-refractivity contribution >= 4 is 17.3 Å². The fraction of sp³-hybridized carbons (Fsp3) is 0.333. The summed E-state index contributed by atoms with van der Waals surface area (Å²) in [5.74, 6) is 0.0285. The monoisotopic (exact) mass is 300 g/mol. The van der Waals surface area contributed by atoms with Crippen LogP contribution >= 0.6 is 0 Å². The van der Waals surface area contributed by atoms with Gasteiger partial charge in [-0.05, 0) is 0 Å². The highest BCUT2D eigenvalue weighted by atomic mass is 16.6. The minimum atomic E-state index is -0.457. The highest BCUT2D eigenvalue weighted by Crippen LogP contribution is 2.24. The van der Waals surface area contributed by atoms with E-state index in [-0.39, 0.29) is 11.6 Å². The van der Waals surface area contributed by atoms with E-state index in [1.54, 1.807) is 17.0 Å². The number of carbonyl (C=O) groups excluding carboxylic acids is 1. The van der Waals surface area contributed by atoms with Crippen molar-refractivity contribution in [3.63, 3.8) is 0 Å². The Bertz CT molecular complexity index is 655. The van der Waals surface area contributed by atoms with Crippen molar-refractivity contribution in [1.82, 2.24) is 9.80 Å². The number of piperazine rings is 1. The fourth-order valence-electron chi connectivity index (χ4n) is 2.46. The lowest BCUT2D eigenvalue weighted by Gasteiger charge is -2.36. The van der Waals surface area contributed by atoms with E-state index < -0.39 is 4.92 Å². The summed E-state index contributed by atoms with van der Waals surface area (Å²) in [6.45, 7) is 3.87. The molecule has 1 aliphatic heterocycles. The second-order valence-corrected chi connectivity index (χ2v) is 4.96. The second-order valence-electron chi connectivity index (χ2n) is 4.96. The van der Waals surface area contributed by atoms with Gasteiger partial charge in [-0.1, -0.05) is 12.1 Å². The summed E-state index contributed by atoms with van der Waals surface area (Å²) >= 11 is 0. The van der Waals surface area contributed by atoms with Crippen molar-refractivity contribution in [3.05, 3.63) is 46.0 Å². The van der Waals surface area contributed by atoms with Gasteiger partial charge in [-0.3, -0.25) is 14.9 Å². The lowest BCUT2D eigenvalue weighted by atomic mass is 10.1. The van der Waals surface area contributed by atoms with Gasteiger partial charge in [0, 0.05) is 56.9 Å². The number of nitrogens with zero attached hydrogens (tertiary/aromatic N) is 4. The third-order valence-electron chi connectivity index (χ3n) is 3.62. The molecular weight excluding hydrogens is 284 g/mol. The van der Waals surface area contributed by atoms with Gasteiger partial charge in [0.05, 0.1) is 16.7 Å². The van der Waals surface area contributed by atoms with Crippen LogP contribution in [0.25, 0.3) is 5.70 Å². The summed E-state index contributed by atoms with van der Waals surface area (Å²) in [6, 6.07) is 8.21. The Morgan fingerprint density at radius 2 is 1.95 bits per heavy atom. The molecule has 1 fully saturated rings. The van der Waals surface area contributed by atoms with Crippen LogP contribution < -0.4 is 0 Å². The molecule has 22 heavy (non-hydrogen) atoms. The highest BCUT2D eigenvalue weighted by molar-refractivity contribution is 5.74. The average molecular weight is 300 g/mol. The van der Waals surface area contributed by atoms with Crippen molar-refractivity contribution in [2.24, 2.45) is 0 Å². The van der Waals surface area contributed by atoms with E-state index in [9.17, 15) is 14.9 Å². The van der Waals surface area contributed by atoms with E-state index in [1.807, 2.05) is 11.0 Å². The van der Waals surface area contributed by atoms with E-state index in [2.05, 4.69) is 0 Å². The molecule has 0 spiro atoms. The molecule has 0 bridgehead atoms. The Hall–Kier alpha value is -2.88. The van der Waals surface area contributed by atoms with Gasteiger partial charge in [-0.25, -0.2) is 0 Å². The molecule has 1 amide bonds. The summed E-state index contributed by atoms with van der Waals surface area (Å²) in [6.07, 6.45) is 1.39. The molecule has 0 unspecified atom stereocenters. The molecule has 0 N–H and O–H groups in total. The number of benzene rings is 1. The van der Waals surface area contributed by atoms with Crippen LogP contribution in [0.1, 0.15) is 12.5 Å². The molecule has 2 rings (SSSR count). The van der Waals surface area contributed by atoms with Crippen LogP contribution in [-0.4, -0.2) is 46.8 Å². The van der Waals surface area contributed by atoms with E-state index in [4.69, 9.17) is 5.26 Å². The zero-order chi connectivity index (χ0) is 16.1. The molecule has 114 valence electrons. The first-order valence-electron chi connectivity index (χ1n) is 6.88. The van der Waals surface area contributed by atoms with Gasteiger partial charge in [-0.2, -0.15) is 5.26 Å². The van der Waals surface area contributed by atoms with Gasteiger partial charge in [0.1, 0.15) is 0 Å². The fourth-order valence-corrected chi connectivity index (χ4v) is 2.46. The largest absolute Gasteiger partial charge is 0.367 e. The number of nitro benzene ring substituents is 1. The number of amides is 1. The molecule has 0 aliphatic carbocycles. The van der Waals surface area contributed by atoms with Crippen LogP contribution in [-0.2, 0) is 4.79 Å². The molecule has 1 aromatic carbocycles. The first-order valence-corrected chi connectivity index (χ1v) is 6.88. The smallest absolute Gasteiger partial charge is 0.270 e. The average Bonchev–Trinajstić information content (AvgIpc) is 2.53. The van der Waals surface area contributed by atoms with Gasteiger partial charge >= 0.3 is 0 Å². The standard InChI is InChI=1S/C15H16N4O3/c1-12(20)17-7-9-18(10-8-17)15(5-6-16)13-3-2-4-14(11-13)19(21)22/h2-5,11H,7-10H2,1H3/b15-5-. The molecule has 7 nitrogen and oxygen atoms in total. The van der Waals surface area contributed by atoms with E-state index >= 15 is 0 Å². The predicted octanol–water partition coefficient (Wildman–Crippen LogP) is 1.62. The first kappa shape index (κ1) is 15.5. The highest BCUT2D eigenvalue weighted by Gasteiger charge is 2.21. The van der Waals surface area contributed by atoms with Crippen LogP contribution in [0.5, 0.6) is 0 Å². The Labute approximate surface area is 128 Å². The zero-order valence-corrected chi connectivity index (χ0v) is 12.2. The Morgan fingerprint density at radius 1 is 1.32 bits per heavy atom. The quantitative estimate of drug-likeness (QED) is 0.480. The van der Waals surface area contributed by atoms with Crippen molar-refractivity contribution in [2.75, 3.05) is 26.2 Å². The van der Waals surface area contributed by atoms with Crippen molar-refractivity contribution < 1.29 is 9.72 Å². The number of nitro groups is 1. The SMILES string of the molecule is CC(=O)N1CCN(/C(=C\C#N)c2cccc([N+](=O)[O-])c2)CC1. The molecule has 0 atom stereocenters. The molecule has 1 heterocycles. The molecule has 0 saturated carbocycles. The Kier molecular flexibility index (Phi) is 4.73. The zero-order valence-electron chi connectivity index (χ0n) is 12.2. The molecule has 1 aliphatic rings. The summed E-state index contributed by atoms with van der Waals surface area (Å²) in [5.41, 5.74) is 1.27. The molecule has 1 aromatic rings. The molecule has 0 radical (unpaired) electrons. The number of hydrogen-bond acceptors (Lipinski definition) is 5. The molecule has 1 saturated heterocycles. The van der Waals surface area contributed by atoms with Crippen LogP contribution in [0.3, 0.4) is 0 Å². The third kappa shape index (κ3) is 3.41. The summed E-state index contributed by atoms with van der Waals surface area (Å²) < 4.78 is 0. The van der Waals surface area contributed by atoms with Crippen LogP contribution in [0.15, 0.2) is 30.3 Å². The number of nitriles is 1. The normalized spacial score (nSPS) is 15.4. The lowest BCUT2D eigenvalue weighted by molar-refractivity contribution is -0.384. The predicted molar refractivity (Wildman–Crippen MR) is 80.5 cm³/mol. The van der Waals surface area contributed by atoms with Crippen LogP contribution in [0.2, 0.25) is 0 Å². The topological polar surface area (TPSA) is 90.5 Å². The third-order valence-corrected chi connectivity index (χ3v) is 3.62. The van der Waals surface area contributed by atoms with Gasteiger partial charge in [0.25, 0.3) is 5.69 Å². The lowest BCUT2D eigenvalue weighted by Crippen LogP contribution is -2.47. The minimum Gasteiger partial charge on any atom is -0.367 e. The number of carbonyl (C=O) groups is 1. The summed E-state index contributed by atoms with van der Waals surface area (Å²) in [5, 5.41) is 19.9. The number of non-ortho nitro benzene ring substituents is 1. The van der Waals surface area contributed by atoms with E-state index in [0.717, 1.165) is 0 Å². The van der Waals surface area contributed by atoms with Crippen LogP contribution in [0.4, 0.5) is 5.69 Å². The summed E-state index contributed by atoms with van der Waals surface area (Å²) in [7, 11) is 0. The molecular formula is C15H16N4O3. The minimum absolute atomic E-state index is 0.0105. The first-order chi connectivity index (χ1) is 10.5. The van der Waals surface area contributed by atoms with Crippen molar-refractivity contribution in [1.29, 1.82) is 5.26 Å². The van der Waals surface area contributed by atoms with Crippen LogP contribution in [0, 0.1) is 21.4 Å². The second kappa shape index (κ2) is 6.72. The number of hydrogen-bond donors (Lipinski definition) is 0. The Balaban J connectivity index is 2.24. The van der Waals surface area contributed by atoms with E-state index in [0.29, 0.717) is 37.4 Å². The van der Waals surface area contributed by atoms with Crippen molar-refractivity contribution in [3.8, 4) is 6.07 Å². The van der Waals surface area contributed by atoms with Gasteiger partial charge in [0.15, 0.2) is 0 Å². The molecule has 7 heteroatoms. The maximum atomic E-state index is 11.4. The maximum absolute atomic E-state index is 11.4.